The first-order valence-electron chi connectivity index (χ1n) is 10.6. The van der Waals surface area contributed by atoms with Gasteiger partial charge in [0.25, 0.3) is 0 Å². The van der Waals surface area contributed by atoms with Gasteiger partial charge < -0.3 is 14.0 Å². The molecule has 5 rings (SSSR count). The van der Waals surface area contributed by atoms with Gasteiger partial charge in [-0.2, -0.15) is 4.31 Å². The van der Waals surface area contributed by atoms with Crippen molar-refractivity contribution in [2.45, 2.75) is 25.0 Å². The Bertz CT molecular complexity index is 1350. The van der Waals surface area contributed by atoms with Crippen LogP contribution in [0.5, 0.6) is 5.75 Å². The summed E-state index contributed by atoms with van der Waals surface area (Å²) in [5.41, 5.74) is 2.31. The number of ether oxygens (including phenoxy) is 2. The summed E-state index contributed by atoms with van der Waals surface area (Å²) in [5.74, 6) is 1.40. The highest BCUT2D eigenvalue weighted by Crippen LogP contribution is 2.24. The summed E-state index contributed by atoms with van der Waals surface area (Å²) in [6, 6.07) is 12.5. The van der Waals surface area contributed by atoms with E-state index < -0.39 is 10.0 Å². The molecule has 0 amide bonds. The molecular weight excluding hydrogens is 446 g/mol. The lowest BCUT2D eigenvalue weighted by Gasteiger charge is -2.26. The van der Waals surface area contributed by atoms with E-state index in [9.17, 15) is 8.42 Å². The van der Waals surface area contributed by atoms with E-state index in [1.165, 1.54) is 10.6 Å². The van der Waals surface area contributed by atoms with Crippen LogP contribution in [0.15, 0.2) is 53.7 Å². The minimum atomic E-state index is -3.59. The van der Waals surface area contributed by atoms with Crippen molar-refractivity contribution in [3.8, 4) is 11.4 Å². The molecule has 1 aliphatic heterocycles. The van der Waals surface area contributed by atoms with Crippen LogP contribution >= 0.6 is 0 Å². The van der Waals surface area contributed by atoms with Crippen LogP contribution in [0.4, 0.5) is 0 Å². The van der Waals surface area contributed by atoms with Crippen molar-refractivity contribution in [1.82, 2.24) is 34.1 Å². The Morgan fingerprint density at radius 2 is 1.88 bits per heavy atom. The van der Waals surface area contributed by atoms with Crippen LogP contribution in [0.1, 0.15) is 12.7 Å². The van der Waals surface area contributed by atoms with Crippen LogP contribution in [-0.2, 0) is 27.9 Å². The maximum Gasteiger partial charge on any atom is 0.243 e. The minimum absolute atomic E-state index is 0.239. The largest absolute Gasteiger partial charge is 0.486 e. The molecule has 0 atom stereocenters. The lowest BCUT2D eigenvalue weighted by molar-refractivity contribution is 0.0730. The van der Waals surface area contributed by atoms with E-state index in [-0.39, 0.29) is 11.5 Å². The van der Waals surface area contributed by atoms with Gasteiger partial charge in [-0.3, -0.25) is 0 Å². The SMILES string of the molecule is CCn1c(COc2ccc(-n3cnnn3)cc2)nc2cc(S(=O)(=O)N3CCOCC3)ccc21. The van der Waals surface area contributed by atoms with Crippen LogP contribution in [0.25, 0.3) is 16.7 Å². The van der Waals surface area contributed by atoms with Gasteiger partial charge in [-0.1, -0.05) is 0 Å². The molecule has 0 spiro atoms. The molecule has 2 aromatic carbocycles. The molecule has 11 nitrogen and oxygen atoms in total. The Hall–Kier alpha value is -3.35. The molecule has 1 fully saturated rings. The highest BCUT2D eigenvalue weighted by molar-refractivity contribution is 7.89. The average molecular weight is 470 g/mol. The van der Waals surface area contributed by atoms with Crippen molar-refractivity contribution in [2.75, 3.05) is 26.3 Å². The highest BCUT2D eigenvalue weighted by Gasteiger charge is 2.27. The molecule has 4 aromatic rings. The highest BCUT2D eigenvalue weighted by atomic mass is 32.2. The number of hydrogen-bond acceptors (Lipinski definition) is 8. The average Bonchev–Trinajstić information content (AvgIpc) is 3.51. The summed E-state index contributed by atoms with van der Waals surface area (Å²) < 4.78 is 42.3. The monoisotopic (exact) mass is 469 g/mol. The number of sulfonamides is 1. The molecule has 2 aromatic heterocycles. The zero-order valence-electron chi connectivity index (χ0n) is 18.0. The Morgan fingerprint density at radius 3 is 2.58 bits per heavy atom. The summed E-state index contributed by atoms with van der Waals surface area (Å²) in [6.07, 6.45) is 1.52. The van der Waals surface area contributed by atoms with E-state index >= 15 is 0 Å². The molecule has 1 aliphatic rings. The van der Waals surface area contributed by atoms with Gasteiger partial charge in [0.05, 0.1) is 34.8 Å². The third-order valence-corrected chi connectivity index (χ3v) is 7.44. The smallest absolute Gasteiger partial charge is 0.243 e. The van der Waals surface area contributed by atoms with Gasteiger partial charge in [0, 0.05) is 19.6 Å². The van der Waals surface area contributed by atoms with Gasteiger partial charge >= 0.3 is 0 Å². The minimum Gasteiger partial charge on any atom is -0.486 e. The maximum absolute atomic E-state index is 13.0. The Labute approximate surface area is 190 Å². The van der Waals surface area contributed by atoms with Crippen LogP contribution in [0.2, 0.25) is 0 Å². The molecule has 0 unspecified atom stereocenters. The first-order valence-corrected chi connectivity index (χ1v) is 12.0. The number of imidazole rings is 1. The molecule has 0 saturated carbocycles. The number of benzene rings is 2. The zero-order valence-corrected chi connectivity index (χ0v) is 18.8. The number of hydrogen-bond donors (Lipinski definition) is 0. The fraction of sp³-hybridized carbons (Fsp3) is 0.333. The fourth-order valence-electron chi connectivity index (χ4n) is 3.84. The van der Waals surface area contributed by atoms with Crippen molar-refractivity contribution in [1.29, 1.82) is 0 Å². The van der Waals surface area contributed by atoms with Crippen LogP contribution in [0.3, 0.4) is 0 Å². The molecule has 0 radical (unpaired) electrons. The van der Waals surface area contributed by atoms with Crippen molar-refractivity contribution >= 4 is 21.1 Å². The van der Waals surface area contributed by atoms with Crippen LogP contribution in [0, 0.1) is 0 Å². The third-order valence-electron chi connectivity index (χ3n) is 5.54. The molecule has 0 aliphatic carbocycles. The van der Waals surface area contributed by atoms with Gasteiger partial charge in [0.2, 0.25) is 10.0 Å². The van der Waals surface area contributed by atoms with E-state index in [0.717, 1.165) is 17.0 Å². The third kappa shape index (κ3) is 4.19. The number of tetrazole rings is 1. The lowest BCUT2D eigenvalue weighted by Crippen LogP contribution is -2.40. The van der Waals surface area contributed by atoms with E-state index in [1.807, 2.05) is 41.8 Å². The zero-order chi connectivity index (χ0) is 22.8. The van der Waals surface area contributed by atoms with Gasteiger partial charge in [0.15, 0.2) is 0 Å². The van der Waals surface area contributed by atoms with Gasteiger partial charge in [-0.05, 0) is 59.8 Å². The van der Waals surface area contributed by atoms with E-state index in [1.54, 1.807) is 16.8 Å². The molecular formula is C21H23N7O4S. The van der Waals surface area contributed by atoms with Crippen molar-refractivity contribution in [2.24, 2.45) is 0 Å². The van der Waals surface area contributed by atoms with Gasteiger partial charge in [-0.25, -0.2) is 18.1 Å². The maximum atomic E-state index is 13.0. The molecule has 3 heterocycles. The summed E-state index contributed by atoms with van der Waals surface area (Å²) in [5, 5.41) is 11.1. The number of fused-ring (bicyclic) bond motifs is 1. The second kappa shape index (κ2) is 8.89. The molecule has 12 heteroatoms. The number of aryl methyl sites for hydroxylation is 1. The number of nitrogens with zero attached hydrogens (tertiary/aromatic N) is 7. The topological polar surface area (TPSA) is 117 Å². The van der Waals surface area contributed by atoms with Gasteiger partial charge in [-0.15, -0.1) is 5.10 Å². The summed E-state index contributed by atoms with van der Waals surface area (Å²) in [6.45, 7) is 4.48. The lowest BCUT2D eigenvalue weighted by atomic mass is 10.3. The van der Waals surface area contributed by atoms with Crippen molar-refractivity contribution < 1.29 is 17.9 Å². The summed E-state index contributed by atoms with van der Waals surface area (Å²) >= 11 is 0. The molecule has 1 saturated heterocycles. The number of aromatic nitrogens is 6. The van der Waals surface area contributed by atoms with Gasteiger partial charge in [0.1, 0.15) is 24.5 Å². The molecule has 33 heavy (non-hydrogen) atoms. The van der Waals surface area contributed by atoms with Crippen molar-refractivity contribution in [3.05, 3.63) is 54.6 Å². The first-order chi connectivity index (χ1) is 16.1. The number of rotatable bonds is 7. The molecule has 0 bridgehead atoms. The predicted octanol–water partition coefficient (Wildman–Crippen LogP) is 1.63. The normalized spacial score (nSPS) is 15.2. The second-order valence-electron chi connectivity index (χ2n) is 7.48. The molecule has 0 N–H and O–H groups in total. The Kier molecular flexibility index (Phi) is 5.79. The second-order valence-corrected chi connectivity index (χ2v) is 9.41. The summed E-state index contributed by atoms with van der Waals surface area (Å²) in [7, 11) is -3.59. The van der Waals surface area contributed by atoms with Crippen molar-refractivity contribution in [3.63, 3.8) is 0 Å². The number of morpholine rings is 1. The first kappa shape index (κ1) is 21.5. The van der Waals surface area contributed by atoms with Crippen LogP contribution in [-0.4, -0.2) is 68.8 Å². The Morgan fingerprint density at radius 1 is 1.09 bits per heavy atom. The van der Waals surface area contributed by atoms with E-state index in [0.29, 0.717) is 44.1 Å². The summed E-state index contributed by atoms with van der Waals surface area (Å²) in [4.78, 5) is 4.91. The van der Waals surface area contributed by atoms with Crippen LogP contribution < -0.4 is 4.74 Å². The standard InChI is InChI=1S/C21H23N7O4S/c1-2-27-20-8-7-18(33(29,30)26-9-11-31-12-10-26)13-19(20)23-21(27)14-32-17-5-3-16(4-6-17)28-15-22-24-25-28/h3-8,13,15H,2,9-12,14H2,1H3. The Balaban J connectivity index is 1.37. The quantitative estimate of drug-likeness (QED) is 0.401. The van der Waals surface area contributed by atoms with E-state index in [4.69, 9.17) is 9.47 Å². The fourth-order valence-corrected chi connectivity index (χ4v) is 5.27. The predicted molar refractivity (Wildman–Crippen MR) is 118 cm³/mol. The van der Waals surface area contributed by atoms with E-state index in [2.05, 4.69) is 20.5 Å². The molecule has 172 valence electrons.